The van der Waals surface area contributed by atoms with E-state index in [1.165, 1.54) is 16.2 Å². The van der Waals surface area contributed by atoms with Crippen molar-refractivity contribution < 1.29 is 0 Å². The van der Waals surface area contributed by atoms with Crippen LogP contribution in [0.15, 0.2) is 38.6 Å². The smallest absolute Gasteiger partial charge is 0.332 e. The lowest BCUT2D eigenvalue weighted by molar-refractivity contribution is 0.691. The predicted molar refractivity (Wildman–Crippen MR) is 89.0 cm³/mol. The summed E-state index contributed by atoms with van der Waals surface area (Å²) in [5.41, 5.74) is 0.432. The maximum Gasteiger partial charge on any atom is 0.332 e. The Morgan fingerprint density at radius 3 is 2.22 bits per heavy atom. The predicted octanol–water partition coefficient (Wildman–Crippen LogP) is 0.570. The highest BCUT2D eigenvalue weighted by Crippen LogP contribution is 2.25. The molecule has 4 rings (SSSR count). The van der Waals surface area contributed by atoms with E-state index in [0.29, 0.717) is 21.9 Å². The average Bonchev–Trinajstić information content (AvgIpc) is 2.93. The molecule has 0 saturated heterocycles. The molecular weight excluding hydrogens is 296 g/mol. The Labute approximate surface area is 129 Å². The van der Waals surface area contributed by atoms with Crippen molar-refractivity contribution in [2.24, 2.45) is 21.1 Å². The van der Waals surface area contributed by atoms with E-state index in [4.69, 9.17) is 0 Å². The zero-order valence-corrected chi connectivity index (χ0v) is 12.9. The third-order valence-electron chi connectivity index (χ3n) is 4.43. The van der Waals surface area contributed by atoms with Crippen LogP contribution in [0.2, 0.25) is 0 Å². The molecule has 0 aliphatic carbocycles. The molecule has 0 radical (unpaired) electrons. The van der Waals surface area contributed by atoms with E-state index in [1.54, 1.807) is 14.1 Å². The number of pyridine rings is 1. The number of nitrogens with one attached hydrogen (secondary N) is 1. The summed E-state index contributed by atoms with van der Waals surface area (Å²) in [7, 11) is 4.56. The van der Waals surface area contributed by atoms with Gasteiger partial charge >= 0.3 is 5.69 Å². The Hall–Kier alpha value is -3.09. The molecule has 3 heterocycles. The van der Waals surface area contributed by atoms with Gasteiger partial charge in [0.15, 0.2) is 0 Å². The first-order valence-electron chi connectivity index (χ1n) is 7.12. The minimum Gasteiger partial charge on any atom is -0.354 e. The Morgan fingerprint density at radius 1 is 0.826 bits per heavy atom. The number of H-pyrrole nitrogens is 1. The molecule has 23 heavy (non-hydrogen) atoms. The number of para-hydroxylation sites is 1. The fourth-order valence-corrected chi connectivity index (χ4v) is 3.26. The number of nitrogens with zero attached hydrogens (tertiary/aromatic N) is 3. The zero-order valence-electron chi connectivity index (χ0n) is 12.9. The molecular formula is C16H14N4O3. The van der Waals surface area contributed by atoms with Gasteiger partial charge in [-0.1, -0.05) is 18.2 Å². The summed E-state index contributed by atoms with van der Waals surface area (Å²) in [5, 5.41) is 1.56. The molecule has 7 heteroatoms. The maximum atomic E-state index is 12.8. The number of aryl methyl sites for hydroxylation is 2. The number of aromatic nitrogens is 4. The standard InChI is InChI=1S/C16H14N4O3/c1-18-13-11(15(22)20(3)16(23)19(13)2)12-10(14(18)21)8-6-4-5-7-9(8)17-12/h4-7,17H,1-3H3. The normalized spacial score (nSPS) is 11.8. The number of fused-ring (bicyclic) bond motifs is 5. The van der Waals surface area contributed by atoms with Crippen molar-refractivity contribution in [3.63, 3.8) is 0 Å². The van der Waals surface area contributed by atoms with Gasteiger partial charge in [0.2, 0.25) is 0 Å². The van der Waals surface area contributed by atoms with Crippen LogP contribution in [0.4, 0.5) is 0 Å². The van der Waals surface area contributed by atoms with Crippen molar-refractivity contribution in [2.75, 3.05) is 0 Å². The van der Waals surface area contributed by atoms with E-state index in [-0.39, 0.29) is 5.56 Å². The van der Waals surface area contributed by atoms with Crippen LogP contribution in [-0.4, -0.2) is 18.7 Å². The Morgan fingerprint density at radius 2 is 1.48 bits per heavy atom. The van der Waals surface area contributed by atoms with Gasteiger partial charge in [-0.15, -0.1) is 0 Å². The Balaban J connectivity index is 2.53. The highest BCUT2D eigenvalue weighted by Gasteiger charge is 2.19. The highest BCUT2D eigenvalue weighted by molar-refractivity contribution is 6.15. The second-order valence-corrected chi connectivity index (χ2v) is 5.69. The number of hydrogen-bond donors (Lipinski definition) is 1. The summed E-state index contributed by atoms with van der Waals surface area (Å²) in [6.45, 7) is 0. The zero-order chi connectivity index (χ0) is 16.5. The van der Waals surface area contributed by atoms with Gasteiger partial charge in [0.25, 0.3) is 11.1 Å². The first-order chi connectivity index (χ1) is 10.9. The Kier molecular flexibility index (Phi) is 2.49. The molecule has 3 aromatic heterocycles. The van der Waals surface area contributed by atoms with Gasteiger partial charge in [-0.2, -0.15) is 0 Å². The lowest BCUT2D eigenvalue weighted by atomic mass is 10.1. The molecule has 7 nitrogen and oxygen atoms in total. The minimum absolute atomic E-state index is 0.242. The van der Waals surface area contributed by atoms with Crippen LogP contribution in [0.1, 0.15) is 0 Å². The lowest BCUT2D eigenvalue weighted by Gasteiger charge is -2.11. The molecule has 116 valence electrons. The fourth-order valence-electron chi connectivity index (χ4n) is 3.26. The SMILES string of the molecule is Cn1c(=O)c2c3[nH]c4ccccc4c3c(=O)n(C)c2n(C)c1=O. The fraction of sp³-hybridized carbons (Fsp3) is 0.188. The third-order valence-corrected chi connectivity index (χ3v) is 4.43. The Bertz CT molecular complexity index is 1300. The average molecular weight is 310 g/mol. The van der Waals surface area contributed by atoms with Gasteiger partial charge in [0, 0.05) is 32.0 Å². The summed E-state index contributed by atoms with van der Waals surface area (Å²) < 4.78 is 3.74. The van der Waals surface area contributed by atoms with Gasteiger partial charge in [0.05, 0.1) is 10.9 Å². The van der Waals surface area contributed by atoms with Crippen molar-refractivity contribution in [1.29, 1.82) is 0 Å². The molecule has 0 bridgehead atoms. The number of rotatable bonds is 0. The number of hydrogen-bond acceptors (Lipinski definition) is 3. The molecule has 0 amide bonds. The van der Waals surface area contributed by atoms with Gasteiger partial charge in [-0.05, 0) is 6.07 Å². The topological polar surface area (TPSA) is 81.8 Å². The van der Waals surface area contributed by atoms with Gasteiger partial charge in [0.1, 0.15) is 11.0 Å². The van der Waals surface area contributed by atoms with Crippen LogP contribution < -0.4 is 16.8 Å². The molecule has 0 aliphatic rings. The molecule has 0 aliphatic heterocycles. The van der Waals surface area contributed by atoms with E-state index < -0.39 is 11.2 Å². The van der Waals surface area contributed by atoms with Crippen molar-refractivity contribution in [3.8, 4) is 0 Å². The summed E-state index contributed by atoms with van der Waals surface area (Å²) in [5.74, 6) is 0. The quantitative estimate of drug-likeness (QED) is 0.515. The van der Waals surface area contributed by atoms with Crippen molar-refractivity contribution in [2.45, 2.75) is 0 Å². The summed E-state index contributed by atoms with van der Waals surface area (Å²) in [4.78, 5) is 40.8. The molecule has 1 aromatic carbocycles. The molecule has 1 N–H and O–H groups in total. The molecule has 0 atom stereocenters. The third kappa shape index (κ3) is 1.51. The van der Waals surface area contributed by atoms with Crippen molar-refractivity contribution in [3.05, 3.63) is 55.5 Å². The first kappa shape index (κ1) is 13.6. The summed E-state index contributed by atoms with van der Waals surface area (Å²) in [6, 6.07) is 7.40. The largest absolute Gasteiger partial charge is 0.354 e. The summed E-state index contributed by atoms with van der Waals surface area (Å²) >= 11 is 0. The number of aromatic amines is 1. The van der Waals surface area contributed by atoms with Crippen LogP contribution in [0, 0.1) is 0 Å². The molecule has 4 aromatic rings. The summed E-state index contributed by atoms with van der Waals surface area (Å²) in [6.07, 6.45) is 0. The van der Waals surface area contributed by atoms with Gasteiger partial charge in [-0.25, -0.2) is 4.79 Å². The molecule has 0 unspecified atom stereocenters. The maximum absolute atomic E-state index is 12.8. The van der Waals surface area contributed by atoms with E-state index in [9.17, 15) is 14.4 Å². The van der Waals surface area contributed by atoms with Gasteiger partial charge in [-0.3, -0.25) is 23.3 Å². The second kappa shape index (κ2) is 4.22. The highest BCUT2D eigenvalue weighted by atomic mass is 16.2. The van der Waals surface area contributed by atoms with E-state index in [2.05, 4.69) is 4.98 Å². The van der Waals surface area contributed by atoms with E-state index in [0.717, 1.165) is 15.5 Å². The van der Waals surface area contributed by atoms with Crippen LogP contribution in [0.3, 0.4) is 0 Å². The molecule has 0 spiro atoms. The molecule has 0 fully saturated rings. The minimum atomic E-state index is -0.465. The number of benzene rings is 1. The van der Waals surface area contributed by atoms with Gasteiger partial charge < -0.3 is 4.98 Å². The molecule has 0 saturated carbocycles. The van der Waals surface area contributed by atoms with Crippen molar-refractivity contribution in [1.82, 2.24) is 18.7 Å². The first-order valence-corrected chi connectivity index (χ1v) is 7.12. The monoisotopic (exact) mass is 310 g/mol. The van der Waals surface area contributed by atoms with Crippen LogP contribution >= 0.6 is 0 Å². The van der Waals surface area contributed by atoms with E-state index >= 15 is 0 Å². The van der Waals surface area contributed by atoms with Crippen LogP contribution in [0.5, 0.6) is 0 Å². The van der Waals surface area contributed by atoms with Crippen molar-refractivity contribution >= 4 is 32.8 Å². The van der Waals surface area contributed by atoms with Crippen LogP contribution in [0.25, 0.3) is 32.8 Å². The van der Waals surface area contributed by atoms with Crippen LogP contribution in [-0.2, 0) is 21.1 Å². The van der Waals surface area contributed by atoms with E-state index in [1.807, 2.05) is 24.3 Å². The lowest BCUT2D eigenvalue weighted by Crippen LogP contribution is -2.39. The second-order valence-electron chi connectivity index (χ2n) is 5.69.